The molecule has 0 atom stereocenters. The maximum absolute atomic E-state index is 11.9. The molecule has 1 heterocycles. The Balaban J connectivity index is 2.50. The van der Waals surface area contributed by atoms with E-state index in [0.29, 0.717) is 22.8 Å². The average Bonchev–Trinajstić information content (AvgIpc) is 2.62. The second-order valence-corrected chi connectivity index (χ2v) is 3.83. The van der Waals surface area contributed by atoms with Gasteiger partial charge >= 0.3 is 0 Å². The quantitative estimate of drug-likeness (QED) is 0.851. The zero-order chi connectivity index (χ0) is 11.5. The van der Waals surface area contributed by atoms with Gasteiger partial charge in [-0.15, -0.1) is 0 Å². The largest absolute Gasteiger partial charge is 0.315 e. The number of hydrogen-bond acceptors (Lipinski definition) is 2. The number of halogens is 1. The van der Waals surface area contributed by atoms with E-state index in [1.807, 2.05) is 12.1 Å². The Morgan fingerprint density at radius 3 is 2.88 bits per heavy atom. The van der Waals surface area contributed by atoms with Gasteiger partial charge in [0.25, 0.3) is 5.56 Å². The zero-order valence-electron chi connectivity index (χ0n) is 8.83. The number of rotatable bonds is 3. The van der Waals surface area contributed by atoms with Crippen LogP contribution in [0.3, 0.4) is 0 Å². The van der Waals surface area contributed by atoms with Crippen molar-refractivity contribution in [1.82, 2.24) is 15.1 Å². The molecule has 84 valence electrons. The van der Waals surface area contributed by atoms with Crippen LogP contribution in [0, 0.1) is 0 Å². The minimum Gasteiger partial charge on any atom is -0.315 e. The van der Waals surface area contributed by atoms with E-state index in [2.05, 4.69) is 10.4 Å². The highest BCUT2D eigenvalue weighted by Gasteiger charge is 2.08. The van der Waals surface area contributed by atoms with Gasteiger partial charge in [0.05, 0.1) is 16.3 Å². The molecule has 0 saturated carbocycles. The Bertz CT molecular complexity index is 544. The van der Waals surface area contributed by atoms with Gasteiger partial charge in [0, 0.05) is 12.7 Å². The Morgan fingerprint density at radius 2 is 2.19 bits per heavy atom. The molecule has 5 heteroatoms. The Morgan fingerprint density at radius 1 is 1.44 bits per heavy atom. The van der Waals surface area contributed by atoms with Crippen LogP contribution in [0.5, 0.6) is 0 Å². The monoisotopic (exact) mass is 237 g/mol. The van der Waals surface area contributed by atoms with Crippen LogP contribution in [0.4, 0.5) is 0 Å². The van der Waals surface area contributed by atoms with Gasteiger partial charge in [-0.25, -0.2) is 4.68 Å². The maximum atomic E-state index is 11.9. The summed E-state index contributed by atoms with van der Waals surface area (Å²) in [7, 11) is 1.80. The summed E-state index contributed by atoms with van der Waals surface area (Å²) in [5.74, 6) is 0. The van der Waals surface area contributed by atoms with Crippen LogP contribution in [0.25, 0.3) is 5.69 Å². The van der Waals surface area contributed by atoms with Gasteiger partial charge < -0.3 is 5.32 Å². The predicted octanol–water partition coefficient (Wildman–Crippen LogP) is 1.54. The lowest BCUT2D eigenvalue weighted by atomic mass is 10.3. The zero-order valence-corrected chi connectivity index (χ0v) is 9.58. The van der Waals surface area contributed by atoms with Crippen LogP contribution >= 0.6 is 11.6 Å². The fourth-order valence-corrected chi connectivity index (χ4v) is 1.76. The van der Waals surface area contributed by atoms with E-state index in [-0.39, 0.29) is 5.56 Å². The summed E-state index contributed by atoms with van der Waals surface area (Å²) in [5.41, 5.74) is 1.27. The van der Waals surface area contributed by atoms with Crippen LogP contribution < -0.4 is 10.9 Å². The highest BCUT2D eigenvalue weighted by atomic mass is 35.5. The van der Waals surface area contributed by atoms with Gasteiger partial charge in [0.1, 0.15) is 0 Å². The van der Waals surface area contributed by atoms with E-state index in [1.54, 1.807) is 25.4 Å². The number of hydrogen-bond donors (Lipinski definition) is 2. The van der Waals surface area contributed by atoms with Gasteiger partial charge in [-0.3, -0.25) is 9.89 Å². The molecule has 2 aromatic rings. The molecular formula is C11H12ClN3O. The molecule has 0 bridgehead atoms. The van der Waals surface area contributed by atoms with Crippen LogP contribution in [-0.2, 0) is 6.54 Å². The molecule has 0 spiro atoms. The molecule has 0 aliphatic rings. The van der Waals surface area contributed by atoms with Crippen molar-refractivity contribution in [3.63, 3.8) is 0 Å². The van der Waals surface area contributed by atoms with Crippen molar-refractivity contribution in [3.8, 4) is 5.69 Å². The van der Waals surface area contributed by atoms with E-state index >= 15 is 0 Å². The lowest BCUT2D eigenvalue weighted by Crippen LogP contribution is -2.20. The van der Waals surface area contributed by atoms with E-state index < -0.39 is 0 Å². The van der Waals surface area contributed by atoms with Crippen molar-refractivity contribution in [3.05, 3.63) is 51.4 Å². The van der Waals surface area contributed by atoms with Gasteiger partial charge in [-0.1, -0.05) is 23.7 Å². The van der Waals surface area contributed by atoms with Gasteiger partial charge in [-0.05, 0) is 19.2 Å². The van der Waals surface area contributed by atoms with Crippen molar-refractivity contribution in [2.24, 2.45) is 0 Å². The minimum atomic E-state index is -0.0811. The van der Waals surface area contributed by atoms with E-state index in [0.717, 1.165) is 0 Å². The summed E-state index contributed by atoms with van der Waals surface area (Å²) in [6.45, 7) is 0.535. The molecule has 0 aliphatic carbocycles. The number of nitrogens with zero attached hydrogens (tertiary/aromatic N) is 1. The predicted molar refractivity (Wildman–Crippen MR) is 64.2 cm³/mol. The Labute approximate surface area is 97.8 Å². The highest BCUT2D eigenvalue weighted by Crippen LogP contribution is 2.17. The molecule has 0 aliphatic heterocycles. The van der Waals surface area contributed by atoms with Crippen LogP contribution in [0.2, 0.25) is 5.02 Å². The second kappa shape index (κ2) is 4.55. The van der Waals surface area contributed by atoms with Crippen molar-refractivity contribution >= 4 is 11.6 Å². The first-order valence-corrected chi connectivity index (χ1v) is 5.30. The highest BCUT2D eigenvalue weighted by molar-refractivity contribution is 6.32. The van der Waals surface area contributed by atoms with Gasteiger partial charge in [-0.2, -0.15) is 0 Å². The van der Waals surface area contributed by atoms with Crippen LogP contribution in [0.15, 0.2) is 35.3 Å². The molecule has 0 unspecified atom stereocenters. The molecule has 0 amide bonds. The molecule has 0 radical (unpaired) electrons. The molecule has 4 nitrogen and oxygen atoms in total. The number of nitrogens with one attached hydrogen (secondary N) is 2. The topological polar surface area (TPSA) is 49.8 Å². The number of benzene rings is 1. The first kappa shape index (κ1) is 11.0. The SMILES string of the molecule is CNCc1c[nH]n(-c2ccccc2Cl)c1=O. The second-order valence-electron chi connectivity index (χ2n) is 3.42. The molecule has 1 aromatic carbocycles. The number of para-hydroxylation sites is 1. The summed E-state index contributed by atoms with van der Waals surface area (Å²) >= 11 is 6.02. The van der Waals surface area contributed by atoms with E-state index in [4.69, 9.17) is 11.6 Å². The standard InChI is InChI=1S/C11H12ClN3O/c1-13-6-8-7-14-15(11(8)16)10-5-3-2-4-9(10)12/h2-5,7,13-14H,6H2,1H3. The third kappa shape index (κ3) is 1.89. The fourth-order valence-electron chi connectivity index (χ4n) is 1.54. The van der Waals surface area contributed by atoms with Crippen LogP contribution in [-0.4, -0.2) is 16.8 Å². The Hall–Kier alpha value is -1.52. The molecule has 0 fully saturated rings. The smallest absolute Gasteiger partial charge is 0.275 e. The summed E-state index contributed by atoms with van der Waals surface area (Å²) in [6.07, 6.45) is 1.68. The lowest BCUT2D eigenvalue weighted by Gasteiger charge is -2.02. The number of H-pyrrole nitrogens is 1. The molecule has 1 aromatic heterocycles. The molecule has 16 heavy (non-hydrogen) atoms. The van der Waals surface area contributed by atoms with Gasteiger partial charge in [0.2, 0.25) is 0 Å². The summed E-state index contributed by atoms with van der Waals surface area (Å²) in [5, 5.41) is 6.38. The van der Waals surface area contributed by atoms with Crippen LogP contribution in [0.1, 0.15) is 5.56 Å². The Kier molecular flexibility index (Phi) is 3.12. The van der Waals surface area contributed by atoms with Crippen molar-refractivity contribution in [1.29, 1.82) is 0 Å². The number of aromatic nitrogens is 2. The van der Waals surface area contributed by atoms with Crippen molar-refractivity contribution < 1.29 is 0 Å². The first-order chi connectivity index (χ1) is 7.74. The van der Waals surface area contributed by atoms with Crippen molar-refractivity contribution in [2.75, 3.05) is 7.05 Å². The summed E-state index contributed by atoms with van der Waals surface area (Å²) in [6, 6.07) is 7.21. The third-order valence-electron chi connectivity index (χ3n) is 2.31. The van der Waals surface area contributed by atoms with E-state index in [9.17, 15) is 4.79 Å². The van der Waals surface area contributed by atoms with E-state index in [1.165, 1.54) is 4.68 Å². The molecule has 2 rings (SSSR count). The lowest BCUT2D eigenvalue weighted by molar-refractivity contribution is 0.802. The maximum Gasteiger partial charge on any atom is 0.275 e. The normalized spacial score (nSPS) is 10.6. The summed E-state index contributed by atoms with van der Waals surface area (Å²) in [4.78, 5) is 11.9. The molecule has 0 saturated heterocycles. The fraction of sp³-hybridized carbons (Fsp3) is 0.182. The minimum absolute atomic E-state index is 0.0811. The molecule has 2 N–H and O–H groups in total. The summed E-state index contributed by atoms with van der Waals surface area (Å²) < 4.78 is 1.44. The van der Waals surface area contributed by atoms with Crippen molar-refractivity contribution in [2.45, 2.75) is 6.54 Å². The first-order valence-electron chi connectivity index (χ1n) is 4.93. The van der Waals surface area contributed by atoms with Gasteiger partial charge in [0.15, 0.2) is 0 Å². The number of aromatic amines is 1. The molecular weight excluding hydrogens is 226 g/mol. The average molecular weight is 238 g/mol. The third-order valence-corrected chi connectivity index (χ3v) is 2.63.